The molecule has 0 saturated heterocycles. The van der Waals surface area contributed by atoms with Crippen LogP contribution in [0.25, 0.3) is 32.8 Å². The molecule has 1 heterocycles. The van der Waals surface area contributed by atoms with E-state index in [0.717, 1.165) is 33.0 Å². The number of benzene rings is 4. The van der Waals surface area contributed by atoms with Gasteiger partial charge in [0.25, 0.3) is 11.7 Å². The lowest BCUT2D eigenvalue weighted by Gasteiger charge is -2.13. The summed E-state index contributed by atoms with van der Waals surface area (Å²) in [4.78, 5) is 25.0. The zero-order chi connectivity index (χ0) is 25.4. The van der Waals surface area contributed by atoms with Crippen LogP contribution in [0.3, 0.4) is 0 Å². The molecule has 0 saturated carbocycles. The zero-order valence-electron chi connectivity index (χ0n) is 20.0. The molecule has 4 aromatic carbocycles. The van der Waals surface area contributed by atoms with Crippen molar-refractivity contribution in [3.05, 3.63) is 102 Å². The Labute approximate surface area is 207 Å². The number of ether oxygens (including phenoxy) is 1. The predicted octanol–water partition coefficient (Wildman–Crippen LogP) is 6.02. The van der Waals surface area contributed by atoms with Crippen LogP contribution in [0.15, 0.2) is 78.9 Å². The quantitative estimate of drug-likeness (QED) is 0.229. The summed E-state index contributed by atoms with van der Waals surface area (Å²) in [5.74, 6) is -1.50. The maximum atomic E-state index is 13.4. The highest BCUT2D eigenvalue weighted by Gasteiger charge is 2.27. The molecule has 1 aromatic heterocycles. The number of nitrogens with two attached hydrogens (primary N) is 1. The van der Waals surface area contributed by atoms with Crippen LogP contribution in [0.2, 0.25) is 0 Å². The molecule has 180 valence electrons. The minimum absolute atomic E-state index is 0.265. The Morgan fingerprint density at radius 1 is 0.944 bits per heavy atom. The fraction of sp³-hybridized carbons (Fsp3) is 0.133. The number of aromatic nitrogens is 1. The number of carbonyl (C=O) groups is 2. The summed E-state index contributed by atoms with van der Waals surface area (Å²) in [7, 11) is 0. The number of rotatable bonds is 7. The lowest BCUT2D eigenvalue weighted by Crippen LogP contribution is -2.24. The van der Waals surface area contributed by atoms with E-state index in [9.17, 15) is 14.0 Å². The Balaban J connectivity index is 1.76. The molecule has 0 unspecified atom stereocenters. The van der Waals surface area contributed by atoms with Crippen molar-refractivity contribution in [2.45, 2.75) is 20.4 Å². The van der Waals surface area contributed by atoms with Crippen molar-refractivity contribution in [3.8, 4) is 16.9 Å². The van der Waals surface area contributed by atoms with Gasteiger partial charge in [0.2, 0.25) is 0 Å². The van der Waals surface area contributed by atoms with Gasteiger partial charge in [0, 0.05) is 17.6 Å². The third-order valence-electron chi connectivity index (χ3n) is 6.47. The highest BCUT2D eigenvalue weighted by atomic mass is 19.1. The molecule has 0 aliphatic rings. The smallest absolute Gasteiger partial charge is 0.289 e. The van der Waals surface area contributed by atoms with Crippen molar-refractivity contribution in [2.24, 2.45) is 5.73 Å². The number of ketones is 1. The van der Waals surface area contributed by atoms with Crippen LogP contribution in [-0.2, 0) is 11.3 Å². The van der Waals surface area contributed by atoms with Crippen LogP contribution in [0.4, 0.5) is 4.39 Å². The van der Waals surface area contributed by atoms with Gasteiger partial charge in [-0.15, -0.1) is 0 Å². The monoisotopic (exact) mass is 480 g/mol. The van der Waals surface area contributed by atoms with Gasteiger partial charge in [0.15, 0.2) is 0 Å². The molecule has 6 heteroatoms. The second-order valence-electron chi connectivity index (χ2n) is 8.70. The van der Waals surface area contributed by atoms with Crippen molar-refractivity contribution in [3.63, 3.8) is 0 Å². The SMILES string of the molecule is CCOc1cc2ccccc2c2c1c(C(=O)C(N)=O)c(C)n2Cc1cccc(-c2ccc(F)cc2)c1. The Morgan fingerprint density at radius 3 is 2.42 bits per heavy atom. The highest BCUT2D eigenvalue weighted by molar-refractivity contribution is 6.45. The topological polar surface area (TPSA) is 74.3 Å². The summed E-state index contributed by atoms with van der Waals surface area (Å²) >= 11 is 0. The Kier molecular flexibility index (Phi) is 6.02. The van der Waals surface area contributed by atoms with Gasteiger partial charge in [-0.1, -0.05) is 54.6 Å². The first kappa shape index (κ1) is 23.3. The van der Waals surface area contributed by atoms with E-state index in [1.807, 2.05) is 73.0 Å². The Hall–Kier alpha value is -4.45. The van der Waals surface area contributed by atoms with Gasteiger partial charge < -0.3 is 15.0 Å². The molecular weight excluding hydrogens is 455 g/mol. The van der Waals surface area contributed by atoms with Crippen molar-refractivity contribution in [1.29, 1.82) is 0 Å². The third-order valence-corrected chi connectivity index (χ3v) is 6.47. The molecule has 0 bridgehead atoms. The first-order chi connectivity index (χ1) is 17.4. The number of Topliss-reactive ketones (excluding diaryl/α,β-unsaturated/α-hetero) is 1. The molecule has 0 atom stereocenters. The molecule has 1 amide bonds. The van der Waals surface area contributed by atoms with Gasteiger partial charge in [0.1, 0.15) is 11.6 Å². The summed E-state index contributed by atoms with van der Waals surface area (Å²) in [5.41, 5.74) is 10.0. The number of amides is 1. The molecule has 0 radical (unpaired) electrons. The molecule has 5 nitrogen and oxygen atoms in total. The normalized spacial score (nSPS) is 11.2. The Bertz CT molecular complexity index is 1630. The van der Waals surface area contributed by atoms with Crippen molar-refractivity contribution < 1.29 is 18.7 Å². The number of nitrogens with zero attached hydrogens (tertiary/aromatic N) is 1. The number of hydrogen-bond donors (Lipinski definition) is 1. The van der Waals surface area contributed by atoms with Crippen molar-refractivity contribution in [2.75, 3.05) is 6.61 Å². The average molecular weight is 481 g/mol. The highest BCUT2D eigenvalue weighted by Crippen LogP contribution is 2.40. The van der Waals surface area contributed by atoms with Crippen molar-refractivity contribution in [1.82, 2.24) is 4.57 Å². The molecule has 36 heavy (non-hydrogen) atoms. The summed E-state index contributed by atoms with van der Waals surface area (Å²) in [6, 6.07) is 24.1. The van der Waals surface area contributed by atoms with Crippen LogP contribution in [0.1, 0.15) is 28.5 Å². The van der Waals surface area contributed by atoms with Gasteiger partial charge in [-0.05, 0) is 60.2 Å². The van der Waals surface area contributed by atoms with Gasteiger partial charge in [-0.3, -0.25) is 9.59 Å². The first-order valence-electron chi connectivity index (χ1n) is 11.8. The van der Waals surface area contributed by atoms with E-state index in [1.54, 1.807) is 12.1 Å². The van der Waals surface area contributed by atoms with E-state index < -0.39 is 11.7 Å². The minimum atomic E-state index is -1.01. The lowest BCUT2D eigenvalue weighted by molar-refractivity contribution is -0.114. The van der Waals surface area contributed by atoms with Crippen molar-refractivity contribution >= 4 is 33.4 Å². The zero-order valence-corrected chi connectivity index (χ0v) is 20.0. The largest absolute Gasteiger partial charge is 0.493 e. The summed E-state index contributed by atoms with van der Waals surface area (Å²) in [6.45, 7) is 4.55. The molecule has 0 aliphatic carbocycles. The molecule has 5 rings (SSSR count). The van der Waals surface area contributed by atoms with Gasteiger partial charge in [-0.2, -0.15) is 0 Å². The maximum absolute atomic E-state index is 13.4. The summed E-state index contributed by atoms with van der Waals surface area (Å²) in [6.07, 6.45) is 0. The molecule has 0 aliphatic heterocycles. The molecule has 0 spiro atoms. The van der Waals surface area contributed by atoms with Crippen LogP contribution < -0.4 is 10.5 Å². The molecule has 5 aromatic rings. The van der Waals surface area contributed by atoms with E-state index in [-0.39, 0.29) is 11.4 Å². The second-order valence-corrected chi connectivity index (χ2v) is 8.70. The minimum Gasteiger partial charge on any atom is -0.493 e. The predicted molar refractivity (Wildman–Crippen MR) is 140 cm³/mol. The standard InChI is InChI=1S/C30H25FN2O3/c1-3-36-25-16-22-8-4-5-10-24(22)28-27(25)26(29(34)30(32)35)18(2)33(28)17-19-7-6-9-21(15-19)20-11-13-23(31)14-12-20/h4-16H,3,17H2,1-2H3,(H2,32,35). The van der Waals surface area contributed by atoms with Gasteiger partial charge in [0.05, 0.1) is 23.1 Å². The fourth-order valence-electron chi connectivity index (χ4n) is 4.85. The second kappa shape index (κ2) is 9.30. The number of primary amides is 1. The van der Waals surface area contributed by atoms with E-state index in [0.29, 0.717) is 30.0 Å². The van der Waals surface area contributed by atoms with Crippen LogP contribution in [-0.4, -0.2) is 22.9 Å². The lowest BCUT2D eigenvalue weighted by atomic mass is 10.0. The number of fused-ring (bicyclic) bond motifs is 3. The van der Waals surface area contributed by atoms with E-state index >= 15 is 0 Å². The van der Waals surface area contributed by atoms with E-state index in [1.165, 1.54) is 12.1 Å². The Morgan fingerprint density at radius 2 is 1.69 bits per heavy atom. The molecule has 2 N–H and O–H groups in total. The van der Waals surface area contributed by atoms with Crippen LogP contribution in [0.5, 0.6) is 5.75 Å². The van der Waals surface area contributed by atoms with Crippen LogP contribution in [0, 0.1) is 12.7 Å². The van der Waals surface area contributed by atoms with E-state index in [2.05, 4.69) is 0 Å². The summed E-state index contributed by atoms with van der Waals surface area (Å²) < 4.78 is 21.4. The number of halogens is 1. The fourth-order valence-corrected chi connectivity index (χ4v) is 4.85. The third kappa shape index (κ3) is 4.01. The van der Waals surface area contributed by atoms with Gasteiger partial charge >= 0.3 is 0 Å². The van der Waals surface area contributed by atoms with Crippen LogP contribution >= 0.6 is 0 Å². The number of carbonyl (C=O) groups excluding carboxylic acids is 2. The first-order valence-corrected chi connectivity index (χ1v) is 11.8. The van der Waals surface area contributed by atoms with E-state index in [4.69, 9.17) is 10.5 Å². The summed E-state index contributed by atoms with van der Waals surface area (Å²) in [5, 5.41) is 2.49. The average Bonchev–Trinajstić information content (AvgIpc) is 3.16. The van der Waals surface area contributed by atoms with Gasteiger partial charge in [-0.25, -0.2) is 4.39 Å². The maximum Gasteiger partial charge on any atom is 0.289 e. The molecular formula is C30H25FN2O3. The number of hydrogen-bond acceptors (Lipinski definition) is 3. The molecule has 0 fully saturated rings.